The van der Waals surface area contributed by atoms with Crippen LogP contribution in [-0.2, 0) is 6.42 Å². The van der Waals surface area contributed by atoms with Gasteiger partial charge in [-0.05, 0) is 31.5 Å². The van der Waals surface area contributed by atoms with E-state index >= 15 is 0 Å². The molecule has 0 aliphatic heterocycles. The molecule has 0 saturated heterocycles. The van der Waals surface area contributed by atoms with E-state index in [1.54, 1.807) is 11.3 Å². The largest absolute Gasteiger partial charge is 0.342 e. The zero-order valence-electron chi connectivity index (χ0n) is 9.41. The van der Waals surface area contributed by atoms with Gasteiger partial charge >= 0.3 is 0 Å². The van der Waals surface area contributed by atoms with Gasteiger partial charge in [0.15, 0.2) is 0 Å². The van der Waals surface area contributed by atoms with Crippen molar-refractivity contribution in [1.29, 1.82) is 0 Å². The first-order chi connectivity index (χ1) is 7.69. The quantitative estimate of drug-likeness (QED) is 0.830. The molecule has 2 aromatic heterocycles. The van der Waals surface area contributed by atoms with Crippen LogP contribution in [0.15, 0.2) is 18.2 Å². The molecule has 2 aromatic rings. The van der Waals surface area contributed by atoms with Crippen LogP contribution in [0.25, 0.3) is 10.6 Å². The van der Waals surface area contributed by atoms with Crippen LogP contribution >= 0.6 is 23.6 Å². The van der Waals surface area contributed by atoms with Gasteiger partial charge in [-0.1, -0.05) is 19.1 Å². The number of nitrogens with zero attached hydrogens (tertiary/aromatic N) is 1. The average molecular weight is 250 g/mol. The molecule has 0 radical (unpaired) electrons. The summed E-state index contributed by atoms with van der Waals surface area (Å²) in [6.07, 6.45) is 2.02. The third-order valence-electron chi connectivity index (χ3n) is 2.28. The molecule has 0 atom stereocenters. The number of aromatic amines is 1. The Balaban J connectivity index is 2.44. The lowest BCUT2D eigenvalue weighted by molar-refractivity contribution is 0.834. The van der Waals surface area contributed by atoms with Crippen molar-refractivity contribution in [2.24, 2.45) is 0 Å². The second-order valence-corrected chi connectivity index (χ2v) is 5.45. The smallest absolute Gasteiger partial charge is 0.130 e. The molecule has 0 aliphatic rings. The Bertz CT molecular complexity index is 540. The van der Waals surface area contributed by atoms with Crippen LogP contribution in [0.3, 0.4) is 0 Å². The third-order valence-corrected chi connectivity index (χ3v) is 3.53. The monoisotopic (exact) mass is 250 g/mol. The van der Waals surface area contributed by atoms with Gasteiger partial charge in [0.1, 0.15) is 10.5 Å². The fourth-order valence-electron chi connectivity index (χ4n) is 1.58. The van der Waals surface area contributed by atoms with Crippen molar-refractivity contribution in [3.8, 4) is 10.6 Å². The molecular weight excluding hydrogens is 236 g/mol. The molecular formula is C12H14N2S2. The minimum absolute atomic E-state index is 0.670. The van der Waals surface area contributed by atoms with Crippen molar-refractivity contribution in [2.75, 3.05) is 0 Å². The first kappa shape index (κ1) is 11.5. The number of H-pyrrole nitrogens is 1. The molecule has 2 nitrogen and oxygen atoms in total. The highest BCUT2D eigenvalue weighted by Gasteiger charge is 2.03. The summed E-state index contributed by atoms with van der Waals surface area (Å²) in [7, 11) is 0. The summed E-state index contributed by atoms with van der Waals surface area (Å²) in [4.78, 5) is 10.2. The average Bonchev–Trinajstić information content (AvgIpc) is 2.64. The Labute approximate surface area is 104 Å². The van der Waals surface area contributed by atoms with E-state index < -0.39 is 0 Å². The predicted octanol–water partition coefficient (Wildman–Crippen LogP) is 4.13. The Morgan fingerprint density at radius 2 is 2.25 bits per heavy atom. The van der Waals surface area contributed by atoms with Crippen LogP contribution in [0.4, 0.5) is 0 Å². The number of rotatable bonds is 3. The summed E-state index contributed by atoms with van der Waals surface area (Å²) in [5.74, 6) is 0.982. The van der Waals surface area contributed by atoms with Crippen LogP contribution in [0, 0.1) is 11.6 Å². The summed E-state index contributed by atoms with van der Waals surface area (Å²) >= 11 is 6.95. The number of hydrogen-bond donors (Lipinski definition) is 1. The third kappa shape index (κ3) is 2.57. The normalized spacial score (nSPS) is 10.6. The highest BCUT2D eigenvalue weighted by atomic mass is 32.1. The molecule has 0 saturated carbocycles. The van der Waals surface area contributed by atoms with Crippen molar-refractivity contribution >= 4 is 23.6 Å². The standard InChI is InChI=1S/C12H14N2S2/c1-3-4-11-13-9(7-12(15)14-11)10-6-5-8(2)16-10/h5-7H,3-4H2,1-2H3,(H,13,14,15). The number of aryl methyl sites for hydroxylation is 2. The van der Waals surface area contributed by atoms with E-state index in [-0.39, 0.29) is 0 Å². The maximum absolute atomic E-state index is 5.18. The Morgan fingerprint density at radius 3 is 2.88 bits per heavy atom. The van der Waals surface area contributed by atoms with Gasteiger partial charge in [0, 0.05) is 11.3 Å². The van der Waals surface area contributed by atoms with Gasteiger partial charge in [0.2, 0.25) is 0 Å². The van der Waals surface area contributed by atoms with E-state index in [4.69, 9.17) is 12.2 Å². The van der Waals surface area contributed by atoms with Crippen molar-refractivity contribution in [1.82, 2.24) is 9.97 Å². The molecule has 2 heterocycles. The molecule has 0 fully saturated rings. The Kier molecular flexibility index (Phi) is 3.51. The van der Waals surface area contributed by atoms with Crippen LogP contribution in [0.5, 0.6) is 0 Å². The topological polar surface area (TPSA) is 28.7 Å². The summed E-state index contributed by atoms with van der Waals surface area (Å²) in [6.45, 7) is 4.25. The molecule has 84 valence electrons. The fraction of sp³-hybridized carbons (Fsp3) is 0.333. The molecule has 0 aromatic carbocycles. The lowest BCUT2D eigenvalue weighted by Crippen LogP contribution is -1.95. The first-order valence-corrected chi connectivity index (χ1v) is 6.58. The Morgan fingerprint density at radius 1 is 1.44 bits per heavy atom. The van der Waals surface area contributed by atoms with Gasteiger partial charge in [-0.2, -0.15) is 0 Å². The highest BCUT2D eigenvalue weighted by Crippen LogP contribution is 2.26. The number of nitrogens with one attached hydrogen (secondary N) is 1. The second-order valence-electron chi connectivity index (χ2n) is 3.74. The van der Waals surface area contributed by atoms with E-state index in [2.05, 4.69) is 35.9 Å². The number of thiophene rings is 1. The van der Waals surface area contributed by atoms with E-state index in [9.17, 15) is 0 Å². The molecule has 0 bridgehead atoms. The van der Waals surface area contributed by atoms with Gasteiger partial charge in [-0.3, -0.25) is 0 Å². The fourth-order valence-corrected chi connectivity index (χ4v) is 2.64. The van der Waals surface area contributed by atoms with Crippen molar-refractivity contribution in [3.05, 3.63) is 33.5 Å². The maximum Gasteiger partial charge on any atom is 0.130 e. The summed E-state index contributed by atoms with van der Waals surface area (Å²) in [5, 5.41) is 0. The van der Waals surface area contributed by atoms with E-state index in [0.29, 0.717) is 4.64 Å². The van der Waals surface area contributed by atoms with Crippen LogP contribution in [-0.4, -0.2) is 9.97 Å². The minimum Gasteiger partial charge on any atom is -0.342 e. The molecule has 4 heteroatoms. The lowest BCUT2D eigenvalue weighted by atomic mass is 10.3. The minimum atomic E-state index is 0.670. The molecule has 0 unspecified atom stereocenters. The van der Waals surface area contributed by atoms with Gasteiger partial charge in [-0.15, -0.1) is 11.3 Å². The molecule has 1 N–H and O–H groups in total. The van der Waals surface area contributed by atoms with Crippen molar-refractivity contribution in [3.63, 3.8) is 0 Å². The van der Waals surface area contributed by atoms with Crippen molar-refractivity contribution < 1.29 is 0 Å². The first-order valence-electron chi connectivity index (χ1n) is 5.36. The number of aromatic nitrogens is 2. The molecule has 2 rings (SSSR count). The van der Waals surface area contributed by atoms with E-state index in [1.165, 1.54) is 9.75 Å². The zero-order valence-corrected chi connectivity index (χ0v) is 11.0. The van der Waals surface area contributed by atoms with Gasteiger partial charge in [0.25, 0.3) is 0 Å². The SMILES string of the molecule is CCCc1nc(=S)cc(-c2ccc(C)s2)[nH]1. The molecule has 0 aliphatic carbocycles. The summed E-state index contributed by atoms with van der Waals surface area (Å²) in [5.41, 5.74) is 1.08. The Hall–Kier alpha value is -1.00. The van der Waals surface area contributed by atoms with Crippen molar-refractivity contribution in [2.45, 2.75) is 26.7 Å². The zero-order chi connectivity index (χ0) is 11.5. The summed E-state index contributed by atoms with van der Waals surface area (Å²) in [6, 6.07) is 6.17. The van der Waals surface area contributed by atoms with Gasteiger partial charge in [-0.25, -0.2) is 4.98 Å². The number of hydrogen-bond acceptors (Lipinski definition) is 3. The summed E-state index contributed by atoms with van der Waals surface area (Å²) < 4.78 is 0.670. The van der Waals surface area contributed by atoms with Crippen LogP contribution < -0.4 is 0 Å². The van der Waals surface area contributed by atoms with Crippen LogP contribution in [0.1, 0.15) is 24.0 Å². The van der Waals surface area contributed by atoms with E-state index in [1.807, 2.05) is 6.07 Å². The lowest BCUT2D eigenvalue weighted by Gasteiger charge is -2.02. The molecule has 0 amide bonds. The molecule has 16 heavy (non-hydrogen) atoms. The predicted molar refractivity (Wildman–Crippen MR) is 71.5 cm³/mol. The van der Waals surface area contributed by atoms with E-state index in [0.717, 1.165) is 24.4 Å². The van der Waals surface area contributed by atoms with Gasteiger partial charge < -0.3 is 4.98 Å². The highest BCUT2D eigenvalue weighted by molar-refractivity contribution is 7.71. The maximum atomic E-state index is 5.18. The van der Waals surface area contributed by atoms with Crippen LogP contribution in [0.2, 0.25) is 0 Å². The molecule has 0 spiro atoms. The second kappa shape index (κ2) is 4.89. The van der Waals surface area contributed by atoms with Gasteiger partial charge in [0.05, 0.1) is 10.6 Å².